The van der Waals surface area contributed by atoms with Crippen molar-refractivity contribution in [1.29, 1.82) is 0 Å². The summed E-state index contributed by atoms with van der Waals surface area (Å²) in [6, 6.07) is 8.03. The van der Waals surface area contributed by atoms with E-state index in [9.17, 15) is 22.8 Å². The number of hydrogen-bond acceptors (Lipinski definition) is 6. The number of esters is 1. The maximum Gasteiger partial charge on any atom is 0.412 e. The molecule has 0 bridgehead atoms. The van der Waals surface area contributed by atoms with Gasteiger partial charge >= 0.3 is 12.1 Å². The summed E-state index contributed by atoms with van der Waals surface area (Å²) in [5.41, 5.74) is 3.35. The molecule has 2 aromatic rings. The molecule has 0 aromatic heterocycles. The maximum atomic E-state index is 14.3. The van der Waals surface area contributed by atoms with Gasteiger partial charge in [-0.2, -0.15) is 13.2 Å². The molecule has 1 heterocycles. The highest BCUT2D eigenvalue weighted by Crippen LogP contribution is 2.40. The zero-order valence-electron chi connectivity index (χ0n) is 21.1. The molecule has 1 aliphatic heterocycles. The summed E-state index contributed by atoms with van der Waals surface area (Å²) in [5, 5.41) is 2.76. The number of amides is 1. The predicted octanol–water partition coefficient (Wildman–Crippen LogP) is 5.23. The fourth-order valence-electron chi connectivity index (χ4n) is 4.45. The molecule has 1 amide bonds. The van der Waals surface area contributed by atoms with Crippen LogP contribution in [0, 0.1) is 0 Å². The molecule has 0 spiro atoms. The number of carbonyl (C=O) groups excluding carboxylic acids is 2. The van der Waals surface area contributed by atoms with Crippen LogP contribution in [0.5, 0.6) is 5.75 Å². The summed E-state index contributed by atoms with van der Waals surface area (Å²) >= 11 is 6.18. The lowest BCUT2D eigenvalue weighted by Gasteiger charge is -2.36. The van der Waals surface area contributed by atoms with Crippen LogP contribution in [0.2, 0.25) is 5.02 Å². The van der Waals surface area contributed by atoms with E-state index in [-0.39, 0.29) is 41.3 Å². The van der Waals surface area contributed by atoms with E-state index in [4.69, 9.17) is 26.8 Å². The van der Waals surface area contributed by atoms with Crippen molar-refractivity contribution in [3.63, 3.8) is 0 Å². The topological polar surface area (TPSA) is 93.9 Å². The van der Waals surface area contributed by atoms with E-state index in [1.807, 2.05) is 0 Å². The Kier molecular flexibility index (Phi) is 8.34. The lowest BCUT2D eigenvalue weighted by Crippen LogP contribution is -2.60. The van der Waals surface area contributed by atoms with Crippen LogP contribution in [0.1, 0.15) is 50.8 Å². The van der Waals surface area contributed by atoms with Crippen molar-refractivity contribution in [2.75, 3.05) is 19.0 Å². The minimum Gasteiger partial charge on any atom is -0.497 e. The molecule has 1 fully saturated rings. The molecule has 0 saturated carbocycles. The van der Waals surface area contributed by atoms with Gasteiger partial charge in [0.2, 0.25) is 5.91 Å². The van der Waals surface area contributed by atoms with Crippen LogP contribution < -0.4 is 15.8 Å². The van der Waals surface area contributed by atoms with Gasteiger partial charge in [0.05, 0.1) is 7.11 Å². The molecule has 7 nitrogen and oxygen atoms in total. The van der Waals surface area contributed by atoms with Gasteiger partial charge in [0, 0.05) is 23.8 Å². The van der Waals surface area contributed by atoms with Crippen molar-refractivity contribution in [1.82, 2.24) is 4.90 Å². The minimum absolute atomic E-state index is 0.0952. The molecule has 11 heteroatoms. The number of primary amides is 1. The minimum atomic E-state index is -4.68. The van der Waals surface area contributed by atoms with Crippen LogP contribution in [-0.4, -0.2) is 47.7 Å². The summed E-state index contributed by atoms with van der Waals surface area (Å²) in [6.45, 7) is 5.07. The molecule has 202 valence electrons. The highest BCUT2D eigenvalue weighted by atomic mass is 35.5. The van der Waals surface area contributed by atoms with E-state index in [0.29, 0.717) is 12.2 Å². The number of alkyl halides is 3. The number of nitrogens with one attached hydrogen (secondary N) is 1. The number of halogens is 4. The Hall–Kier alpha value is -2.98. The first-order valence-electron chi connectivity index (χ1n) is 11.7. The number of benzene rings is 2. The number of ether oxygens (including phenoxy) is 2. The van der Waals surface area contributed by atoms with Crippen LogP contribution in [0.3, 0.4) is 0 Å². The molecule has 0 radical (unpaired) electrons. The summed E-state index contributed by atoms with van der Waals surface area (Å²) in [4.78, 5) is 27.3. The van der Waals surface area contributed by atoms with Crippen LogP contribution in [0.15, 0.2) is 42.5 Å². The van der Waals surface area contributed by atoms with Crippen LogP contribution in [0.4, 0.5) is 18.9 Å². The zero-order valence-corrected chi connectivity index (χ0v) is 21.9. The largest absolute Gasteiger partial charge is 0.497 e. The summed E-state index contributed by atoms with van der Waals surface area (Å²) in [5.74, 6) is -1.23. The molecule has 1 saturated heterocycles. The maximum absolute atomic E-state index is 14.3. The average Bonchev–Trinajstić information content (AvgIpc) is 3.21. The summed E-state index contributed by atoms with van der Waals surface area (Å²) in [6.07, 6.45) is -4.15. The molecule has 2 aromatic carbocycles. The fourth-order valence-corrected chi connectivity index (χ4v) is 4.65. The standard InChI is InChI=1S/C26H31ClF3N3O4/c1-24(2,3)37-23(35)25(22(31)34)12-5-13-33(25)15-16-14-17(27)6-11-20(16)21(26(28,29)30)32-18-7-9-19(36-4)10-8-18/h6-11,14,21,32H,5,12-13,15H2,1-4H3,(H2,31,34)/t21?,25-/m0/s1. The van der Waals surface area contributed by atoms with Gasteiger partial charge in [-0.3, -0.25) is 9.69 Å². The molecule has 3 rings (SSSR count). The van der Waals surface area contributed by atoms with Crippen molar-refractivity contribution in [3.05, 3.63) is 58.6 Å². The molecule has 3 N–H and O–H groups in total. The van der Waals surface area contributed by atoms with E-state index in [1.54, 1.807) is 32.9 Å². The Morgan fingerprint density at radius 3 is 2.35 bits per heavy atom. The highest BCUT2D eigenvalue weighted by Gasteiger charge is 2.55. The average molecular weight is 542 g/mol. The van der Waals surface area contributed by atoms with Gasteiger partial charge in [0.15, 0.2) is 5.54 Å². The monoisotopic (exact) mass is 541 g/mol. The second kappa shape index (κ2) is 10.8. The van der Waals surface area contributed by atoms with Crippen molar-refractivity contribution < 1.29 is 32.2 Å². The normalized spacial score (nSPS) is 19.4. The number of rotatable bonds is 8. The van der Waals surface area contributed by atoms with Crippen LogP contribution >= 0.6 is 11.6 Å². The fraction of sp³-hybridized carbons (Fsp3) is 0.462. The van der Waals surface area contributed by atoms with Gasteiger partial charge in [-0.1, -0.05) is 17.7 Å². The van der Waals surface area contributed by atoms with Crippen molar-refractivity contribution in [2.24, 2.45) is 5.73 Å². The van der Waals surface area contributed by atoms with Gasteiger partial charge in [-0.05, 0) is 81.1 Å². The first kappa shape index (κ1) is 28.6. The quantitative estimate of drug-likeness (QED) is 0.351. The van der Waals surface area contributed by atoms with E-state index in [0.717, 1.165) is 0 Å². The van der Waals surface area contributed by atoms with E-state index < -0.39 is 35.2 Å². The molecule has 1 aliphatic rings. The third-order valence-electron chi connectivity index (χ3n) is 6.16. The highest BCUT2D eigenvalue weighted by molar-refractivity contribution is 6.30. The first-order chi connectivity index (χ1) is 17.2. The number of nitrogens with zero attached hydrogens (tertiary/aromatic N) is 1. The molecular formula is C26H31ClF3N3O4. The van der Waals surface area contributed by atoms with Crippen LogP contribution in [0.25, 0.3) is 0 Å². The number of hydrogen-bond donors (Lipinski definition) is 2. The second-order valence-electron chi connectivity index (χ2n) is 9.94. The van der Waals surface area contributed by atoms with Gasteiger partial charge < -0.3 is 20.5 Å². The van der Waals surface area contributed by atoms with Crippen molar-refractivity contribution >= 4 is 29.2 Å². The molecular weight excluding hydrogens is 511 g/mol. The molecule has 1 unspecified atom stereocenters. The van der Waals surface area contributed by atoms with Crippen molar-refractivity contribution in [2.45, 2.75) is 63.5 Å². The molecule has 2 atom stereocenters. The Bertz CT molecular complexity index is 1140. The van der Waals surface area contributed by atoms with E-state index in [2.05, 4.69) is 5.32 Å². The van der Waals surface area contributed by atoms with Gasteiger partial charge in [0.25, 0.3) is 0 Å². The second-order valence-corrected chi connectivity index (χ2v) is 10.4. The Balaban J connectivity index is 2.02. The Morgan fingerprint density at radius 2 is 1.81 bits per heavy atom. The zero-order chi connectivity index (χ0) is 27.6. The lowest BCUT2D eigenvalue weighted by atomic mass is 9.93. The number of nitrogens with two attached hydrogens (primary N) is 1. The van der Waals surface area contributed by atoms with Gasteiger partial charge in [-0.25, -0.2) is 4.79 Å². The first-order valence-corrected chi connectivity index (χ1v) is 12.1. The van der Waals surface area contributed by atoms with Gasteiger partial charge in [-0.15, -0.1) is 0 Å². The van der Waals surface area contributed by atoms with E-state index >= 15 is 0 Å². The number of methoxy groups -OCH3 is 1. The smallest absolute Gasteiger partial charge is 0.412 e. The lowest BCUT2D eigenvalue weighted by molar-refractivity contribution is -0.171. The number of likely N-dealkylation sites (tertiary alicyclic amines) is 1. The SMILES string of the molecule is COc1ccc(NC(c2ccc(Cl)cc2CN2CCC[C@]2(C(N)=O)C(=O)OC(C)(C)C)C(F)(F)F)cc1. The van der Waals surface area contributed by atoms with Crippen LogP contribution in [-0.2, 0) is 20.9 Å². The van der Waals surface area contributed by atoms with Gasteiger partial charge in [0.1, 0.15) is 17.4 Å². The molecule has 37 heavy (non-hydrogen) atoms. The number of carbonyl (C=O) groups is 2. The van der Waals surface area contributed by atoms with E-state index in [1.165, 1.54) is 42.3 Å². The summed E-state index contributed by atoms with van der Waals surface area (Å²) < 4.78 is 53.6. The third kappa shape index (κ3) is 6.48. The molecule has 0 aliphatic carbocycles. The third-order valence-corrected chi connectivity index (χ3v) is 6.39. The number of anilines is 1. The predicted molar refractivity (Wildman–Crippen MR) is 134 cm³/mol. The van der Waals surface area contributed by atoms with Crippen molar-refractivity contribution in [3.8, 4) is 5.75 Å². The summed E-state index contributed by atoms with van der Waals surface area (Å²) in [7, 11) is 1.46. The Morgan fingerprint density at radius 1 is 1.16 bits per heavy atom. The Labute approximate surface area is 219 Å².